The van der Waals surface area contributed by atoms with Crippen molar-refractivity contribution in [3.8, 4) is 5.69 Å². The lowest BCUT2D eigenvalue weighted by Gasteiger charge is -2.08. The van der Waals surface area contributed by atoms with Crippen LogP contribution >= 0.6 is 0 Å². The van der Waals surface area contributed by atoms with Gasteiger partial charge in [-0.15, -0.1) is 0 Å². The Balaban J connectivity index is 1.91. The zero-order chi connectivity index (χ0) is 16.2. The van der Waals surface area contributed by atoms with Gasteiger partial charge in [0.05, 0.1) is 35.0 Å². The number of carbonyl (C=O) groups excluding carboxylic acids is 1. The van der Waals surface area contributed by atoms with Gasteiger partial charge in [-0.1, -0.05) is 6.92 Å². The van der Waals surface area contributed by atoms with E-state index in [0.717, 1.165) is 5.69 Å². The molecule has 116 valence electrons. The van der Waals surface area contributed by atoms with Gasteiger partial charge in [-0.05, 0) is 42.8 Å². The average Bonchev–Trinajstić information content (AvgIpc) is 3.00. The van der Waals surface area contributed by atoms with Crippen molar-refractivity contribution in [2.24, 2.45) is 0 Å². The largest absolute Gasteiger partial charge is 0.320 e. The van der Waals surface area contributed by atoms with Gasteiger partial charge in [0.25, 0.3) is 5.91 Å². The molecule has 1 amide bonds. The number of benzene rings is 1. The maximum Gasteiger partial charge on any atom is 0.259 e. The molecule has 0 aliphatic heterocycles. The highest BCUT2D eigenvalue weighted by molar-refractivity contribution is 6.04. The number of amides is 1. The first-order chi connectivity index (χ1) is 11.2. The molecule has 6 heteroatoms. The molecule has 0 aliphatic rings. The third-order valence-electron chi connectivity index (χ3n) is 3.44. The van der Waals surface area contributed by atoms with Gasteiger partial charge in [-0.3, -0.25) is 9.78 Å². The van der Waals surface area contributed by atoms with E-state index in [9.17, 15) is 9.18 Å². The van der Waals surface area contributed by atoms with Gasteiger partial charge in [-0.2, -0.15) is 5.10 Å². The van der Waals surface area contributed by atoms with Crippen LogP contribution in [-0.2, 0) is 6.42 Å². The molecule has 3 aromatic rings. The summed E-state index contributed by atoms with van der Waals surface area (Å²) >= 11 is 0. The van der Waals surface area contributed by atoms with Crippen LogP contribution in [0.25, 0.3) is 5.69 Å². The highest BCUT2D eigenvalue weighted by Gasteiger charge is 2.17. The SMILES string of the molecule is CCc1c(C(=O)Nc2cccnc2)cnn1-c1ccc(F)cc1. The highest BCUT2D eigenvalue weighted by Crippen LogP contribution is 2.17. The van der Waals surface area contributed by atoms with E-state index < -0.39 is 0 Å². The van der Waals surface area contributed by atoms with E-state index >= 15 is 0 Å². The van der Waals surface area contributed by atoms with Crippen LogP contribution in [0.1, 0.15) is 23.0 Å². The van der Waals surface area contributed by atoms with Crippen molar-refractivity contribution in [1.82, 2.24) is 14.8 Å². The minimum atomic E-state index is -0.312. The highest BCUT2D eigenvalue weighted by atomic mass is 19.1. The fraction of sp³-hybridized carbons (Fsp3) is 0.118. The van der Waals surface area contributed by atoms with Gasteiger partial charge < -0.3 is 5.32 Å². The summed E-state index contributed by atoms with van der Waals surface area (Å²) in [5.74, 6) is -0.559. The fourth-order valence-electron chi connectivity index (χ4n) is 2.34. The van der Waals surface area contributed by atoms with Gasteiger partial charge in [-0.25, -0.2) is 9.07 Å². The van der Waals surface area contributed by atoms with Crippen molar-refractivity contribution in [3.05, 3.63) is 72.1 Å². The molecule has 0 unspecified atom stereocenters. The lowest BCUT2D eigenvalue weighted by molar-refractivity contribution is 0.102. The van der Waals surface area contributed by atoms with Crippen LogP contribution in [0.15, 0.2) is 55.0 Å². The number of carbonyl (C=O) groups is 1. The number of nitrogens with one attached hydrogen (secondary N) is 1. The van der Waals surface area contributed by atoms with Gasteiger partial charge in [0.15, 0.2) is 0 Å². The van der Waals surface area contributed by atoms with E-state index in [4.69, 9.17) is 0 Å². The van der Waals surface area contributed by atoms with Crippen molar-refractivity contribution in [2.45, 2.75) is 13.3 Å². The zero-order valence-electron chi connectivity index (χ0n) is 12.5. The summed E-state index contributed by atoms with van der Waals surface area (Å²) in [6.45, 7) is 1.94. The first-order valence-electron chi connectivity index (χ1n) is 7.23. The van der Waals surface area contributed by atoms with E-state index in [1.54, 1.807) is 41.3 Å². The number of hydrogen-bond donors (Lipinski definition) is 1. The monoisotopic (exact) mass is 310 g/mol. The van der Waals surface area contributed by atoms with Gasteiger partial charge in [0, 0.05) is 6.20 Å². The summed E-state index contributed by atoms with van der Waals surface area (Å²) in [5.41, 5.74) is 2.58. The molecule has 0 aliphatic carbocycles. The number of aromatic nitrogens is 3. The predicted octanol–water partition coefficient (Wildman–Crippen LogP) is 3.22. The maximum atomic E-state index is 13.1. The van der Waals surface area contributed by atoms with E-state index in [1.807, 2.05) is 6.92 Å². The molecule has 0 saturated heterocycles. The van der Waals surface area contributed by atoms with E-state index in [2.05, 4.69) is 15.4 Å². The molecule has 23 heavy (non-hydrogen) atoms. The topological polar surface area (TPSA) is 59.8 Å². The van der Waals surface area contributed by atoms with Crippen molar-refractivity contribution >= 4 is 11.6 Å². The molecule has 0 radical (unpaired) electrons. The predicted molar refractivity (Wildman–Crippen MR) is 85.1 cm³/mol. The number of anilines is 1. The molecule has 0 fully saturated rings. The Hall–Kier alpha value is -3.02. The van der Waals surface area contributed by atoms with E-state index in [1.165, 1.54) is 18.3 Å². The number of halogens is 1. The molecule has 5 nitrogen and oxygen atoms in total. The average molecular weight is 310 g/mol. The lowest BCUT2D eigenvalue weighted by atomic mass is 10.2. The van der Waals surface area contributed by atoms with E-state index in [-0.39, 0.29) is 11.7 Å². The zero-order valence-corrected chi connectivity index (χ0v) is 12.5. The summed E-state index contributed by atoms with van der Waals surface area (Å²) in [4.78, 5) is 16.4. The number of nitrogens with zero attached hydrogens (tertiary/aromatic N) is 3. The van der Waals surface area contributed by atoms with Crippen molar-refractivity contribution < 1.29 is 9.18 Å². The number of pyridine rings is 1. The second-order valence-corrected chi connectivity index (χ2v) is 4.94. The molecular formula is C17H15FN4O. The minimum absolute atomic E-state index is 0.247. The smallest absolute Gasteiger partial charge is 0.259 e. The molecule has 0 spiro atoms. The van der Waals surface area contributed by atoms with Crippen LogP contribution in [0.2, 0.25) is 0 Å². The van der Waals surface area contributed by atoms with Crippen molar-refractivity contribution in [3.63, 3.8) is 0 Å². The lowest BCUT2D eigenvalue weighted by Crippen LogP contribution is -2.14. The third-order valence-corrected chi connectivity index (χ3v) is 3.44. The van der Waals surface area contributed by atoms with Crippen LogP contribution < -0.4 is 5.32 Å². The summed E-state index contributed by atoms with van der Waals surface area (Å²) in [6.07, 6.45) is 5.36. The van der Waals surface area contributed by atoms with Crippen molar-refractivity contribution in [2.75, 3.05) is 5.32 Å². The Labute approximate surface area is 132 Å². The number of hydrogen-bond acceptors (Lipinski definition) is 3. The van der Waals surface area contributed by atoms with Crippen LogP contribution in [0, 0.1) is 5.82 Å². The second kappa shape index (κ2) is 6.39. The Morgan fingerprint density at radius 2 is 2.00 bits per heavy atom. The first-order valence-corrected chi connectivity index (χ1v) is 7.23. The normalized spacial score (nSPS) is 10.5. The molecular weight excluding hydrogens is 295 g/mol. The minimum Gasteiger partial charge on any atom is -0.320 e. The Morgan fingerprint density at radius 1 is 1.22 bits per heavy atom. The molecule has 0 saturated carbocycles. The Kier molecular flexibility index (Phi) is 4.14. The third kappa shape index (κ3) is 3.11. The fourth-order valence-corrected chi connectivity index (χ4v) is 2.34. The van der Waals surface area contributed by atoms with Crippen molar-refractivity contribution in [1.29, 1.82) is 0 Å². The molecule has 0 atom stereocenters. The summed E-state index contributed by atoms with van der Waals surface area (Å²) in [6, 6.07) is 9.51. The van der Waals surface area contributed by atoms with Gasteiger partial charge in [0.1, 0.15) is 5.82 Å². The molecule has 2 heterocycles. The standard InChI is InChI=1S/C17H15FN4O/c1-2-16-15(17(23)21-13-4-3-9-19-10-13)11-20-22(16)14-7-5-12(18)6-8-14/h3-11H,2H2,1H3,(H,21,23). The molecule has 1 N–H and O–H groups in total. The quantitative estimate of drug-likeness (QED) is 0.805. The van der Waals surface area contributed by atoms with Crippen LogP contribution in [0.4, 0.5) is 10.1 Å². The van der Waals surface area contributed by atoms with Crippen LogP contribution in [-0.4, -0.2) is 20.7 Å². The van der Waals surface area contributed by atoms with E-state index in [0.29, 0.717) is 23.4 Å². The van der Waals surface area contributed by atoms with Gasteiger partial charge >= 0.3 is 0 Å². The van der Waals surface area contributed by atoms with Gasteiger partial charge in [0.2, 0.25) is 0 Å². The summed E-state index contributed by atoms with van der Waals surface area (Å²) in [5, 5.41) is 7.06. The maximum absolute atomic E-state index is 13.1. The van der Waals surface area contributed by atoms with Crippen LogP contribution in [0.3, 0.4) is 0 Å². The Bertz CT molecular complexity index is 812. The van der Waals surface area contributed by atoms with Crippen LogP contribution in [0.5, 0.6) is 0 Å². The second-order valence-electron chi connectivity index (χ2n) is 4.94. The molecule has 1 aromatic carbocycles. The molecule has 0 bridgehead atoms. The number of rotatable bonds is 4. The summed E-state index contributed by atoms with van der Waals surface area (Å²) < 4.78 is 14.7. The molecule has 3 rings (SSSR count). The molecule has 2 aromatic heterocycles. The first kappa shape index (κ1) is 14.9. The summed E-state index contributed by atoms with van der Waals surface area (Å²) in [7, 11) is 0. The Morgan fingerprint density at radius 3 is 2.65 bits per heavy atom.